The molecule has 1 aliphatic rings. The molecule has 0 radical (unpaired) electrons. The van der Waals surface area contributed by atoms with Crippen LogP contribution in [0.1, 0.15) is 33.6 Å². The van der Waals surface area contributed by atoms with E-state index >= 15 is 0 Å². The fourth-order valence-electron chi connectivity index (χ4n) is 2.00. The summed E-state index contributed by atoms with van der Waals surface area (Å²) in [6.07, 6.45) is 1.59. The predicted molar refractivity (Wildman–Crippen MR) is 65.6 cm³/mol. The number of rotatable bonds is 2. The normalized spacial score (nSPS) is 23.4. The molecule has 2 atom stereocenters. The van der Waals surface area contributed by atoms with Gasteiger partial charge in [-0.3, -0.25) is 0 Å². The zero-order chi connectivity index (χ0) is 13.1. The second kappa shape index (κ2) is 5.69. The summed E-state index contributed by atoms with van der Waals surface area (Å²) in [6, 6.07) is -0.250. The average molecular weight is 244 g/mol. The van der Waals surface area contributed by atoms with Crippen molar-refractivity contribution in [3.8, 4) is 0 Å². The van der Waals surface area contributed by atoms with Gasteiger partial charge in [-0.1, -0.05) is 0 Å². The highest BCUT2D eigenvalue weighted by atomic mass is 16.6. The van der Waals surface area contributed by atoms with Crippen LogP contribution in [0.3, 0.4) is 0 Å². The third-order valence-corrected chi connectivity index (χ3v) is 2.93. The molecule has 1 saturated heterocycles. The molecule has 100 valence electrons. The molecular formula is C12H24N2O3. The zero-order valence-electron chi connectivity index (χ0n) is 11.0. The van der Waals surface area contributed by atoms with Crippen molar-refractivity contribution in [2.75, 3.05) is 19.7 Å². The van der Waals surface area contributed by atoms with Crippen LogP contribution in [0, 0.1) is 5.92 Å². The molecule has 5 heteroatoms. The van der Waals surface area contributed by atoms with Crippen LogP contribution in [-0.2, 0) is 4.74 Å². The minimum Gasteiger partial charge on any atom is -0.444 e. The molecule has 1 amide bonds. The first kappa shape index (κ1) is 14.3. The predicted octanol–water partition coefficient (Wildman–Crippen LogP) is 0.953. The van der Waals surface area contributed by atoms with Gasteiger partial charge in [0.2, 0.25) is 0 Å². The van der Waals surface area contributed by atoms with Crippen molar-refractivity contribution in [1.82, 2.24) is 4.90 Å². The number of aliphatic hydroxyl groups is 1. The Morgan fingerprint density at radius 3 is 2.76 bits per heavy atom. The lowest BCUT2D eigenvalue weighted by molar-refractivity contribution is 0.0139. The maximum atomic E-state index is 11.9. The number of amides is 1. The Morgan fingerprint density at radius 1 is 1.59 bits per heavy atom. The standard InChI is InChI=1S/C12H24N2O3/c1-12(2,3)17-11(16)14-6-4-5-9(7-14)10(13)8-15/h9-10,15H,4-8,13H2,1-3H3. The van der Waals surface area contributed by atoms with E-state index in [1.54, 1.807) is 4.90 Å². The number of carbonyl (C=O) groups is 1. The number of likely N-dealkylation sites (tertiary alicyclic amines) is 1. The number of nitrogens with zero attached hydrogens (tertiary/aromatic N) is 1. The summed E-state index contributed by atoms with van der Waals surface area (Å²) in [5.41, 5.74) is 5.34. The van der Waals surface area contributed by atoms with Gasteiger partial charge < -0.3 is 20.5 Å². The van der Waals surface area contributed by atoms with Gasteiger partial charge in [-0.2, -0.15) is 0 Å². The van der Waals surface area contributed by atoms with Gasteiger partial charge in [-0.05, 0) is 39.5 Å². The maximum Gasteiger partial charge on any atom is 0.410 e. The number of ether oxygens (including phenoxy) is 1. The van der Waals surface area contributed by atoms with Crippen molar-refractivity contribution in [2.24, 2.45) is 11.7 Å². The Morgan fingerprint density at radius 2 is 2.24 bits per heavy atom. The first-order valence-corrected chi connectivity index (χ1v) is 6.18. The first-order valence-electron chi connectivity index (χ1n) is 6.18. The van der Waals surface area contributed by atoms with E-state index in [9.17, 15) is 4.79 Å². The molecule has 0 aromatic rings. The molecule has 0 saturated carbocycles. The Kier molecular flexibility index (Phi) is 4.77. The van der Waals surface area contributed by atoms with E-state index in [1.807, 2.05) is 20.8 Å². The van der Waals surface area contributed by atoms with Gasteiger partial charge >= 0.3 is 6.09 Å². The van der Waals surface area contributed by atoms with E-state index in [2.05, 4.69) is 0 Å². The average Bonchev–Trinajstić information content (AvgIpc) is 2.26. The summed E-state index contributed by atoms with van der Waals surface area (Å²) in [4.78, 5) is 13.6. The van der Waals surface area contributed by atoms with Gasteiger partial charge in [-0.15, -0.1) is 0 Å². The third-order valence-electron chi connectivity index (χ3n) is 2.93. The number of hydrogen-bond acceptors (Lipinski definition) is 4. The van der Waals surface area contributed by atoms with Crippen molar-refractivity contribution in [1.29, 1.82) is 0 Å². The van der Waals surface area contributed by atoms with E-state index in [0.717, 1.165) is 12.8 Å². The van der Waals surface area contributed by atoms with Crippen LogP contribution in [0.5, 0.6) is 0 Å². The van der Waals surface area contributed by atoms with Crippen molar-refractivity contribution < 1.29 is 14.6 Å². The summed E-state index contributed by atoms with van der Waals surface area (Å²) >= 11 is 0. The largest absolute Gasteiger partial charge is 0.444 e. The smallest absolute Gasteiger partial charge is 0.410 e. The van der Waals surface area contributed by atoms with Crippen molar-refractivity contribution in [3.05, 3.63) is 0 Å². The highest BCUT2D eigenvalue weighted by Gasteiger charge is 2.29. The van der Waals surface area contributed by atoms with Crippen molar-refractivity contribution in [3.63, 3.8) is 0 Å². The van der Waals surface area contributed by atoms with E-state index in [0.29, 0.717) is 13.1 Å². The molecule has 0 bridgehead atoms. The Hall–Kier alpha value is -0.810. The Labute approximate surface area is 103 Å². The molecule has 0 aromatic carbocycles. The van der Waals surface area contributed by atoms with E-state index in [1.165, 1.54) is 0 Å². The summed E-state index contributed by atoms with van der Waals surface area (Å²) in [5.74, 6) is 0.168. The van der Waals surface area contributed by atoms with E-state index < -0.39 is 5.60 Å². The molecule has 17 heavy (non-hydrogen) atoms. The molecule has 0 aromatic heterocycles. The zero-order valence-corrected chi connectivity index (χ0v) is 11.0. The molecule has 1 aliphatic heterocycles. The number of piperidine rings is 1. The monoisotopic (exact) mass is 244 g/mol. The van der Waals surface area contributed by atoms with Crippen LogP contribution in [-0.4, -0.2) is 47.4 Å². The van der Waals surface area contributed by atoms with Crippen LogP contribution >= 0.6 is 0 Å². The molecule has 5 nitrogen and oxygen atoms in total. The van der Waals surface area contributed by atoms with Crippen molar-refractivity contribution >= 4 is 6.09 Å². The summed E-state index contributed by atoms with van der Waals surface area (Å²) in [6.45, 7) is 6.82. The molecule has 0 spiro atoms. The van der Waals surface area contributed by atoms with Crippen LogP contribution in [0.2, 0.25) is 0 Å². The summed E-state index contributed by atoms with van der Waals surface area (Å²) in [7, 11) is 0. The second-order valence-electron chi connectivity index (χ2n) is 5.68. The fourth-order valence-corrected chi connectivity index (χ4v) is 2.00. The quantitative estimate of drug-likeness (QED) is 0.758. The fraction of sp³-hybridized carbons (Fsp3) is 0.917. The molecular weight excluding hydrogens is 220 g/mol. The van der Waals surface area contributed by atoms with Gasteiger partial charge in [0, 0.05) is 19.1 Å². The van der Waals surface area contributed by atoms with Gasteiger partial charge in [0.1, 0.15) is 5.60 Å². The lowest BCUT2D eigenvalue weighted by atomic mass is 9.92. The number of nitrogens with two attached hydrogens (primary N) is 1. The highest BCUT2D eigenvalue weighted by molar-refractivity contribution is 5.68. The van der Waals surface area contributed by atoms with Gasteiger partial charge in [0.25, 0.3) is 0 Å². The van der Waals surface area contributed by atoms with Gasteiger partial charge in [0.05, 0.1) is 6.61 Å². The SMILES string of the molecule is CC(C)(C)OC(=O)N1CCCC(C(N)CO)C1. The first-order chi connectivity index (χ1) is 7.83. The number of hydrogen-bond donors (Lipinski definition) is 2. The molecule has 1 fully saturated rings. The minimum atomic E-state index is -0.469. The molecule has 1 heterocycles. The Balaban J connectivity index is 2.52. The van der Waals surface area contributed by atoms with Crippen LogP contribution < -0.4 is 5.73 Å². The number of carbonyl (C=O) groups excluding carboxylic acids is 1. The summed E-state index contributed by atoms with van der Waals surface area (Å²) < 4.78 is 5.32. The molecule has 3 N–H and O–H groups in total. The summed E-state index contributed by atoms with van der Waals surface area (Å²) in [5, 5.41) is 9.04. The third kappa shape index (κ3) is 4.52. The number of aliphatic hydroxyl groups excluding tert-OH is 1. The van der Waals surface area contributed by atoms with Gasteiger partial charge in [-0.25, -0.2) is 4.79 Å². The molecule has 0 aliphatic carbocycles. The highest BCUT2D eigenvalue weighted by Crippen LogP contribution is 2.20. The van der Waals surface area contributed by atoms with E-state index in [-0.39, 0.29) is 24.7 Å². The minimum absolute atomic E-state index is 0.0349. The van der Waals surface area contributed by atoms with Crippen LogP contribution in [0.4, 0.5) is 4.79 Å². The van der Waals surface area contributed by atoms with Crippen molar-refractivity contribution in [2.45, 2.75) is 45.3 Å². The molecule has 2 unspecified atom stereocenters. The van der Waals surface area contributed by atoms with Gasteiger partial charge in [0.15, 0.2) is 0 Å². The maximum absolute atomic E-state index is 11.9. The lowest BCUT2D eigenvalue weighted by Crippen LogP contribution is -2.48. The van der Waals surface area contributed by atoms with Crippen LogP contribution in [0.15, 0.2) is 0 Å². The van der Waals surface area contributed by atoms with E-state index in [4.69, 9.17) is 15.6 Å². The van der Waals surface area contributed by atoms with Crippen LogP contribution in [0.25, 0.3) is 0 Å². The Bertz CT molecular complexity index is 263. The molecule has 1 rings (SSSR count). The lowest BCUT2D eigenvalue weighted by Gasteiger charge is -2.36. The second-order valence-corrected chi connectivity index (χ2v) is 5.68. The topological polar surface area (TPSA) is 75.8 Å².